The number of fused-ring (bicyclic) bond motifs is 1. The van der Waals surface area contributed by atoms with Crippen molar-refractivity contribution in [1.29, 1.82) is 0 Å². The van der Waals surface area contributed by atoms with Gasteiger partial charge in [0.15, 0.2) is 11.5 Å². The van der Waals surface area contributed by atoms with Crippen molar-refractivity contribution in [3.05, 3.63) is 53.6 Å². The van der Waals surface area contributed by atoms with Crippen LogP contribution in [0.4, 0.5) is 0 Å². The van der Waals surface area contributed by atoms with Crippen molar-refractivity contribution in [2.45, 2.75) is 26.3 Å². The van der Waals surface area contributed by atoms with E-state index >= 15 is 0 Å². The lowest BCUT2D eigenvalue weighted by Crippen LogP contribution is -2.28. The summed E-state index contributed by atoms with van der Waals surface area (Å²) in [4.78, 5) is 12.2. The van der Waals surface area contributed by atoms with Crippen molar-refractivity contribution in [3.8, 4) is 17.2 Å². The molecule has 1 unspecified atom stereocenters. The third-order valence-electron chi connectivity index (χ3n) is 3.87. The number of carbonyl (C=O) groups excluding carboxylic acids is 1. The summed E-state index contributed by atoms with van der Waals surface area (Å²) < 4.78 is 16.1. The monoisotopic (exact) mass is 327 g/mol. The molecule has 0 aliphatic carbocycles. The van der Waals surface area contributed by atoms with Gasteiger partial charge in [-0.2, -0.15) is 0 Å². The molecule has 5 heteroatoms. The molecule has 0 aromatic heterocycles. The predicted octanol–water partition coefficient (Wildman–Crippen LogP) is 3.23. The number of nitrogens with one attached hydrogen (secondary N) is 1. The van der Waals surface area contributed by atoms with Gasteiger partial charge in [-0.1, -0.05) is 18.2 Å². The van der Waals surface area contributed by atoms with E-state index in [-0.39, 0.29) is 18.7 Å². The van der Waals surface area contributed by atoms with E-state index in [0.29, 0.717) is 13.0 Å². The number of benzene rings is 2. The van der Waals surface area contributed by atoms with Gasteiger partial charge in [0.2, 0.25) is 12.7 Å². The smallest absolute Gasteiger partial charge is 0.231 e. The fourth-order valence-electron chi connectivity index (χ4n) is 2.61. The number of hydrogen-bond acceptors (Lipinski definition) is 4. The average molecular weight is 327 g/mol. The minimum atomic E-state index is -0.102. The standard InChI is InChI=1S/C19H21NO4/c1-3-22-16-7-4-14(5-8-16)10-19(21)20-13(2)15-6-9-17-18(11-15)24-12-23-17/h4-9,11,13H,3,10,12H2,1-2H3,(H,20,21). The lowest BCUT2D eigenvalue weighted by molar-refractivity contribution is -0.121. The second-order valence-corrected chi connectivity index (χ2v) is 5.66. The average Bonchev–Trinajstić information content (AvgIpc) is 3.04. The maximum atomic E-state index is 12.2. The van der Waals surface area contributed by atoms with Gasteiger partial charge >= 0.3 is 0 Å². The Morgan fingerprint density at radius 2 is 1.92 bits per heavy atom. The minimum absolute atomic E-state index is 0.0238. The van der Waals surface area contributed by atoms with E-state index < -0.39 is 0 Å². The van der Waals surface area contributed by atoms with Crippen LogP contribution in [0.15, 0.2) is 42.5 Å². The summed E-state index contributed by atoms with van der Waals surface area (Å²) in [7, 11) is 0. The Bertz CT molecular complexity index is 712. The van der Waals surface area contributed by atoms with Crippen molar-refractivity contribution in [3.63, 3.8) is 0 Å². The first-order chi connectivity index (χ1) is 11.7. The van der Waals surface area contributed by atoms with Crippen molar-refractivity contribution in [2.24, 2.45) is 0 Å². The molecule has 126 valence electrons. The van der Waals surface area contributed by atoms with Crippen LogP contribution in [-0.2, 0) is 11.2 Å². The Labute approximate surface area is 141 Å². The van der Waals surface area contributed by atoms with Gasteiger partial charge in [-0.3, -0.25) is 4.79 Å². The van der Waals surface area contributed by atoms with E-state index in [1.54, 1.807) is 0 Å². The number of carbonyl (C=O) groups is 1. The van der Waals surface area contributed by atoms with Gasteiger partial charge in [0.25, 0.3) is 0 Å². The number of ether oxygens (including phenoxy) is 3. The maximum absolute atomic E-state index is 12.2. The van der Waals surface area contributed by atoms with Crippen molar-refractivity contribution in [2.75, 3.05) is 13.4 Å². The van der Waals surface area contributed by atoms with Crippen LogP contribution in [0.3, 0.4) is 0 Å². The normalized spacial score (nSPS) is 13.4. The fraction of sp³-hybridized carbons (Fsp3) is 0.316. The highest BCUT2D eigenvalue weighted by Gasteiger charge is 2.17. The third kappa shape index (κ3) is 3.79. The van der Waals surface area contributed by atoms with Crippen LogP contribution in [0.25, 0.3) is 0 Å². The van der Waals surface area contributed by atoms with E-state index in [1.807, 2.05) is 56.3 Å². The highest BCUT2D eigenvalue weighted by Crippen LogP contribution is 2.34. The summed E-state index contributed by atoms with van der Waals surface area (Å²) >= 11 is 0. The second-order valence-electron chi connectivity index (χ2n) is 5.66. The van der Waals surface area contributed by atoms with Crippen molar-refractivity contribution >= 4 is 5.91 Å². The first kappa shape index (κ1) is 16.2. The molecule has 0 bridgehead atoms. The van der Waals surface area contributed by atoms with E-state index in [1.165, 1.54) is 0 Å². The van der Waals surface area contributed by atoms with Gasteiger partial charge in [-0.05, 0) is 49.2 Å². The molecule has 0 saturated carbocycles. The topological polar surface area (TPSA) is 56.8 Å². The Morgan fingerprint density at radius 3 is 2.67 bits per heavy atom. The molecule has 2 aromatic rings. The molecule has 0 saturated heterocycles. The summed E-state index contributed by atoms with van der Waals surface area (Å²) in [6.07, 6.45) is 0.335. The Morgan fingerprint density at radius 1 is 1.17 bits per heavy atom. The summed E-state index contributed by atoms with van der Waals surface area (Å²) in [5, 5.41) is 3.01. The molecule has 1 N–H and O–H groups in total. The highest BCUT2D eigenvalue weighted by molar-refractivity contribution is 5.79. The SMILES string of the molecule is CCOc1ccc(CC(=O)NC(C)c2ccc3c(c2)OCO3)cc1. The summed E-state index contributed by atoms with van der Waals surface area (Å²) in [5.41, 5.74) is 1.94. The molecule has 3 rings (SSSR count). The first-order valence-electron chi connectivity index (χ1n) is 8.06. The zero-order valence-electron chi connectivity index (χ0n) is 13.9. The lowest BCUT2D eigenvalue weighted by atomic mass is 10.1. The van der Waals surface area contributed by atoms with Crippen molar-refractivity contribution < 1.29 is 19.0 Å². The van der Waals surface area contributed by atoms with Gasteiger partial charge in [0, 0.05) is 0 Å². The van der Waals surface area contributed by atoms with E-state index in [2.05, 4.69) is 5.32 Å². The van der Waals surface area contributed by atoms with Crippen LogP contribution in [0.1, 0.15) is 31.0 Å². The van der Waals surface area contributed by atoms with Gasteiger partial charge in [-0.25, -0.2) is 0 Å². The molecule has 0 radical (unpaired) electrons. The predicted molar refractivity (Wildman–Crippen MR) is 90.4 cm³/mol. The van der Waals surface area contributed by atoms with Crippen LogP contribution in [0, 0.1) is 0 Å². The molecular formula is C19H21NO4. The van der Waals surface area contributed by atoms with Crippen LogP contribution < -0.4 is 19.5 Å². The molecule has 0 fully saturated rings. The molecule has 1 heterocycles. The third-order valence-corrected chi connectivity index (χ3v) is 3.87. The zero-order valence-corrected chi connectivity index (χ0v) is 13.9. The van der Waals surface area contributed by atoms with E-state index in [9.17, 15) is 4.79 Å². The number of rotatable bonds is 6. The molecule has 5 nitrogen and oxygen atoms in total. The summed E-state index contributed by atoms with van der Waals surface area (Å²) in [6, 6.07) is 13.2. The molecule has 24 heavy (non-hydrogen) atoms. The molecule has 0 spiro atoms. The molecule has 1 amide bonds. The number of hydrogen-bond donors (Lipinski definition) is 1. The van der Waals surface area contributed by atoms with Crippen molar-refractivity contribution in [1.82, 2.24) is 5.32 Å². The Kier molecular flexibility index (Phi) is 4.89. The lowest BCUT2D eigenvalue weighted by Gasteiger charge is -2.15. The Hall–Kier alpha value is -2.69. The van der Waals surface area contributed by atoms with Crippen LogP contribution >= 0.6 is 0 Å². The number of amides is 1. The maximum Gasteiger partial charge on any atom is 0.231 e. The second kappa shape index (κ2) is 7.25. The van der Waals surface area contributed by atoms with Gasteiger partial charge in [0.05, 0.1) is 19.1 Å². The minimum Gasteiger partial charge on any atom is -0.494 e. The van der Waals surface area contributed by atoms with Crippen LogP contribution in [0.2, 0.25) is 0 Å². The largest absolute Gasteiger partial charge is 0.494 e. The van der Waals surface area contributed by atoms with Crippen LogP contribution in [-0.4, -0.2) is 19.3 Å². The van der Waals surface area contributed by atoms with Crippen LogP contribution in [0.5, 0.6) is 17.2 Å². The Balaban J connectivity index is 1.57. The fourth-order valence-corrected chi connectivity index (χ4v) is 2.61. The summed E-state index contributed by atoms with van der Waals surface area (Å²) in [6.45, 7) is 4.77. The van der Waals surface area contributed by atoms with Gasteiger partial charge < -0.3 is 19.5 Å². The van der Waals surface area contributed by atoms with E-state index in [0.717, 1.165) is 28.4 Å². The van der Waals surface area contributed by atoms with Gasteiger partial charge in [-0.15, -0.1) is 0 Å². The molecule has 1 aliphatic rings. The zero-order chi connectivity index (χ0) is 16.9. The van der Waals surface area contributed by atoms with E-state index in [4.69, 9.17) is 14.2 Å². The molecule has 2 aromatic carbocycles. The quantitative estimate of drug-likeness (QED) is 0.885. The van der Waals surface area contributed by atoms with Gasteiger partial charge in [0.1, 0.15) is 5.75 Å². The first-order valence-corrected chi connectivity index (χ1v) is 8.06. The molecular weight excluding hydrogens is 306 g/mol. The molecule has 1 atom stereocenters. The highest BCUT2D eigenvalue weighted by atomic mass is 16.7. The molecule has 1 aliphatic heterocycles. The summed E-state index contributed by atoms with van der Waals surface area (Å²) in [5.74, 6) is 2.26.